The summed E-state index contributed by atoms with van der Waals surface area (Å²) in [5.41, 5.74) is -1.21. The van der Waals surface area contributed by atoms with Gasteiger partial charge in [-0.2, -0.15) is 0 Å². The molecule has 1 heterocycles. The molecule has 0 aromatic heterocycles. The number of carbonyl (C=O) groups excluding carboxylic acids is 1. The molecule has 1 amide bonds. The van der Waals surface area contributed by atoms with Crippen LogP contribution in [0.1, 0.15) is 51.4 Å². The van der Waals surface area contributed by atoms with Gasteiger partial charge in [0.25, 0.3) is 5.91 Å². The van der Waals surface area contributed by atoms with E-state index in [-0.39, 0.29) is 5.91 Å². The van der Waals surface area contributed by atoms with Crippen LogP contribution in [0.2, 0.25) is 0 Å². The second kappa shape index (κ2) is 8.11. The van der Waals surface area contributed by atoms with E-state index in [1.54, 1.807) is 6.08 Å². The fourth-order valence-corrected chi connectivity index (χ4v) is 3.97. The molecule has 2 aliphatic rings. The maximum absolute atomic E-state index is 12.7. The summed E-state index contributed by atoms with van der Waals surface area (Å²) in [7, 11) is 1.92. The first-order chi connectivity index (χ1) is 10.5. The summed E-state index contributed by atoms with van der Waals surface area (Å²) in [6, 6.07) is 0. The van der Waals surface area contributed by atoms with Crippen LogP contribution < -0.4 is 0 Å². The second-order valence-corrected chi connectivity index (χ2v) is 7.21. The van der Waals surface area contributed by atoms with Gasteiger partial charge in [0.1, 0.15) is 0 Å². The number of rotatable bonds is 7. The molecule has 1 atom stereocenters. The summed E-state index contributed by atoms with van der Waals surface area (Å²) in [5.74, 6) is 0.713. The van der Waals surface area contributed by atoms with E-state index >= 15 is 0 Å². The molecule has 1 aliphatic carbocycles. The van der Waals surface area contributed by atoms with Gasteiger partial charge in [-0.25, -0.2) is 0 Å². The highest BCUT2D eigenvalue weighted by atomic mass is 16.3. The van der Waals surface area contributed by atoms with E-state index in [9.17, 15) is 9.90 Å². The Morgan fingerprint density at radius 1 is 1.36 bits per heavy atom. The molecule has 0 aromatic carbocycles. The molecule has 0 spiro atoms. The highest BCUT2D eigenvalue weighted by Crippen LogP contribution is 2.28. The Kier molecular flexibility index (Phi) is 6.45. The molecule has 0 aromatic rings. The van der Waals surface area contributed by atoms with Gasteiger partial charge in [0, 0.05) is 26.2 Å². The van der Waals surface area contributed by atoms with Crippen molar-refractivity contribution < 1.29 is 9.90 Å². The van der Waals surface area contributed by atoms with Crippen LogP contribution in [0.5, 0.6) is 0 Å². The molecule has 1 saturated carbocycles. The molecule has 0 radical (unpaired) electrons. The highest BCUT2D eigenvalue weighted by molar-refractivity contribution is 5.86. The minimum atomic E-state index is -1.21. The minimum Gasteiger partial charge on any atom is -0.379 e. The zero-order valence-electron chi connectivity index (χ0n) is 14.1. The standard InChI is InChI=1S/C18H32N2O2/c1-3-12-19(2)15-18(22)11-7-13-20(17(18)21)14-10-16-8-5-4-6-9-16/h3,16,22H,1,4-15H2,2H3. The Labute approximate surface area is 135 Å². The third-order valence-electron chi connectivity index (χ3n) is 5.21. The van der Waals surface area contributed by atoms with E-state index in [0.29, 0.717) is 19.5 Å². The lowest BCUT2D eigenvalue weighted by Gasteiger charge is -2.40. The maximum atomic E-state index is 12.7. The van der Waals surface area contributed by atoms with E-state index in [1.165, 1.54) is 32.1 Å². The highest BCUT2D eigenvalue weighted by Gasteiger charge is 2.42. The van der Waals surface area contributed by atoms with Gasteiger partial charge in [-0.05, 0) is 32.2 Å². The predicted octanol–water partition coefficient (Wildman–Crippen LogP) is 2.43. The first kappa shape index (κ1) is 17.5. The first-order valence-corrected chi connectivity index (χ1v) is 8.86. The van der Waals surface area contributed by atoms with Crippen molar-refractivity contribution in [1.82, 2.24) is 9.80 Å². The van der Waals surface area contributed by atoms with Crippen LogP contribution in [0, 0.1) is 5.92 Å². The van der Waals surface area contributed by atoms with Gasteiger partial charge in [0.05, 0.1) is 0 Å². The molecule has 1 N–H and O–H groups in total. The summed E-state index contributed by atoms with van der Waals surface area (Å²) in [5, 5.41) is 10.8. The fraction of sp³-hybridized carbons (Fsp3) is 0.833. The normalized spacial score (nSPS) is 27.4. The first-order valence-electron chi connectivity index (χ1n) is 8.86. The third kappa shape index (κ3) is 4.56. The van der Waals surface area contributed by atoms with E-state index in [2.05, 4.69) is 6.58 Å². The number of likely N-dealkylation sites (N-methyl/N-ethyl adjacent to an activating group) is 1. The SMILES string of the molecule is C=CCN(C)CC1(O)CCCN(CCC2CCCCC2)C1=O. The number of amides is 1. The quantitative estimate of drug-likeness (QED) is 0.735. The Hall–Kier alpha value is -0.870. The topological polar surface area (TPSA) is 43.8 Å². The summed E-state index contributed by atoms with van der Waals surface area (Å²) >= 11 is 0. The van der Waals surface area contributed by atoms with Gasteiger partial charge >= 0.3 is 0 Å². The Morgan fingerprint density at radius 2 is 2.09 bits per heavy atom. The van der Waals surface area contributed by atoms with Crippen LogP contribution >= 0.6 is 0 Å². The lowest BCUT2D eigenvalue weighted by molar-refractivity contribution is -0.159. The third-order valence-corrected chi connectivity index (χ3v) is 5.21. The van der Waals surface area contributed by atoms with Crippen molar-refractivity contribution in [3.8, 4) is 0 Å². The lowest BCUT2D eigenvalue weighted by Crippen LogP contribution is -2.58. The van der Waals surface area contributed by atoms with Crippen LogP contribution in [0.25, 0.3) is 0 Å². The molecule has 126 valence electrons. The average molecular weight is 308 g/mol. The van der Waals surface area contributed by atoms with Crippen molar-refractivity contribution in [2.45, 2.75) is 57.0 Å². The molecule has 0 bridgehead atoms. The summed E-state index contributed by atoms with van der Waals surface area (Å²) in [6.07, 6.45) is 11.1. The van der Waals surface area contributed by atoms with Crippen LogP contribution in [-0.2, 0) is 4.79 Å². The van der Waals surface area contributed by atoms with Crippen LogP contribution in [0.15, 0.2) is 12.7 Å². The smallest absolute Gasteiger partial charge is 0.255 e. The zero-order chi connectivity index (χ0) is 16.0. The molecule has 4 heteroatoms. The number of piperidine rings is 1. The van der Waals surface area contributed by atoms with Crippen LogP contribution in [-0.4, -0.2) is 59.6 Å². The van der Waals surface area contributed by atoms with Gasteiger partial charge in [-0.15, -0.1) is 6.58 Å². The summed E-state index contributed by atoms with van der Waals surface area (Å²) < 4.78 is 0. The number of likely N-dealkylation sites (tertiary alicyclic amines) is 1. The van der Waals surface area contributed by atoms with E-state index in [4.69, 9.17) is 0 Å². The van der Waals surface area contributed by atoms with E-state index in [0.717, 1.165) is 31.8 Å². The van der Waals surface area contributed by atoms with Crippen molar-refractivity contribution >= 4 is 5.91 Å². The van der Waals surface area contributed by atoms with Gasteiger partial charge < -0.3 is 10.0 Å². The van der Waals surface area contributed by atoms with Gasteiger partial charge in [-0.3, -0.25) is 9.69 Å². The average Bonchev–Trinajstić information content (AvgIpc) is 2.50. The van der Waals surface area contributed by atoms with Crippen LogP contribution in [0.4, 0.5) is 0 Å². The molecule has 1 saturated heterocycles. The van der Waals surface area contributed by atoms with E-state index in [1.807, 2.05) is 16.8 Å². The number of hydrogen-bond donors (Lipinski definition) is 1. The largest absolute Gasteiger partial charge is 0.379 e. The van der Waals surface area contributed by atoms with Crippen molar-refractivity contribution in [3.63, 3.8) is 0 Å². The van der Waals surface area contributed by atoms with Crippen molar-refractivity contribution in [2.75, 3.05) is 33.2 Å². The number of nitrogens with zero attached hydrogens (tertiary/aromatic N) is 2. The number of hydrogen-bond acceptors (Lipinski definition) is 3. The van der Waals surface area contributed by atoms with Crippen LogP contribution in [0.3, 0.4) is 0 Å². The number of carbonyl (C=O) groups is 1. The summed E-state index contributed by atoms with van der Waals surface area (Å²) in [4.78, 5) is 16.6. The molecular weight excluding hydrogens is 276 g/mol. The number of aliphatic hydroxyl groups is 1. The molecule has 4 nitrogen and oxygen atoms in total. The monoisotopic (exact) mass is 308 g/mol. The Bertz CT molecular complexity index is 379. The molecule has 1 aliphatic heterocycles. The Balaban J connectivity index is 1.86. The summed E-state index contributed by atoms with van der Waals surface area (Å²) in [6.45, 7) is 6.43. The maximum Gasteiger partial charge on any atom is 0.255 e. The lowest BCUT2D eigenvalue weighted by atomic mass is 9.86. The van der Waals surface area contributed by atoms with Gasteiger partial charge in [0.15, 0.2) is 5.60 Å². The minimum absolute atomic E-state index is 0.0644. The van der Waals surface area contributed by atoms with E-state index < -0.39 is 5.60 Å². The van der Waals surface area contributed by atoms with Gasteiger partial charge in [0.2, 0.25) is 0 Å². The van der Waals surface area contributed by atoms with Crippen molar-refractivity contribution in [1.29, 1.82) is 0 Å². The van der Waals surface area contributed by atoms with Crippen molar-refractivity contribution in [2.24, 2.45) is 5.92 Å². The second-order valence-electron chi connectivity index (χ2n) is 7.21. The Morgan fingerprint density at radius 3 is 2.77 bits per heavy atom. The molecule has 2 fully saturated rings. The van der Waals surface area contributed by atoms with Crippen molar-refractivity contribution in [3.05, 3.63) is 12.7 Å². The molecular formula is C18H32N2O2. The molecule has 2 rings (SSSR count). The molecule has 1 unspecified atom stereocenters. The van der Waals surface area contributed by atoms with Gasteiger partial charge in [-0.1, -0.05) is 38.2 Å². The zero-order valence-corrected chi connectivity index (χ0v) is 14.1. The molecule has 22 heavy (non-hydrogen) atoms. The fourth-order valence-electron chi connectivity index (χ4n) is 3.97. The predicted molar refractivity (Wildman–Crippen MR) is 89.6 cm³/mol.